The molecule has 2 heterocycles. The van der Waals surface area contributed by atoms with Gasteiger partial charge in [-0.1, -0.05) is 0 Å². The van der Waals surface area contributed by atoms with Gasteiger partial charge in [-0.05, 0) is 37.9 Å². The van der Waals surface area contributed by atoms with Gasteiger partial charge in [-0.15, -0.1) is 24.8 Å². The minimum Gasteiger partial charge on any atom is -0.492 e. The van der Waals surface area contributed by atoms with Crippen molar-refractivity contribution in [2.24, 2.45) is 0 Å². The Morgan fingerprint density at radius 1 is 1.44 bits per heavy atom. The zero-order valence-electron chi connectivity index (χ0n) is 9.09. The number of hydrogen-bond acceptors (Lipinski definition) is 3. The highest BCUT2D eigenvalue weighted by molar-refractivity contribution is 5.85. The molecule has 1 aliphatic heterocycles. The van der Waals surface area contributed by atoms with Crippen LogP contribution in [0.2, 0.25) is 0 Å². The maximum Gasteiger partial charge on any atom is 0.137 e. The summed E-state index contributed by atoms with van der Waals surface area (Å²) in [4.78, 5) is 3.99. The first-order valence-corrected chi connectivity index (χ1v) is 5.21. The average molecular weight is 265 g/mol. The van der Waals surface area contributed by atoms with Crippen molar-refractivity contribution in [3.05, 3.63) is 24.5 Å². The standard InChI is InChI=1S/C11H16N2O.2ClH/c1-3-10(13-7-1)5-8-14-11-4-2-6-12-9-11;;/h2,4,6,9-10,13H,1,3,5,7-8H2;2*1H/t10-;;/m0../s1. The lowest BCUT2D eigenvalue weighted by Gasteiger charge is -2.10. The van der Waals surface area contributed by atoms with E-state index in [9.17, 15) is 0 Å². The Morgan fingerprint density at radius 2 is 2.31 bits per heavy atom. The van der Waals surface area contributed by atoms with Crippen LogP contribution in [0.3, 0.4) is 0 Å². The Hall–Kier alpha value is -0.510. The summed E-state index contributed by atoms with van der Waals surface area (Å²) < 4.78 is 5.57. The number of aromatic nitrogens is 1. The quantitative estimate of drug-likeness (QED) is 0.908. The molecule has 0 spiro atoms. The van der Waals surface area contributed by atoms with E-state index < -0.39 is 0 Å². The van der Waals surface area contributed by atoms with E-state index in [2.05, 4.69) is 10.3 Å². The number of ether oxygens (including phenoxy) is 1. The van der Waals surface area contributed by atoms with Gasteiger partial charge in [-0.2, -0.15) is 0 Å². The first-order chi connectivity index (χ1) is 6.95. The van der Waals surface area contributed by atoms with Gasteiger partial charge in [0.15, 0.2) is 0 Å². The number of nitrogens with one attached hydrogen (secondary N) is 1. The second-order valence-corrected chi connectivity index (χ2v) is 3.62. The monoisotopic (exact) mass is 264 g/mol. The SMILES string of the molecule is Cl.Cl.c1cncc(OCC[C@@H]2CCCN2)c1. The van der Waals surface area contributed by atoms with Gasteiger partial charge in [-0.3, -0.25) is 4.98 Å². The van der Waals surface area contributed by atoms with E-state index in [1.807, 2.05) is 12.1 Å². The molecule has 0 saturated carbocycles. The molecule has 16 heavy (non-hydrogen) atoms. The zero-order valence-corrected chi connectivity index (χ0v) is 10.7. The third-order valence-corrected chi connectivity index (χ3v) is 2.53. The van der Waals surface area contributed by atoms with Crippen molar-refractivity contribution < 1.29 is 4.74 Å². The van der Waals surface area contributed by atoms with Crippen LogP contribution in [0.5, 0.6) is 5.75 Å². The second kappa shape index (κ2) is 8.62. The van der Waals surface area contributed by atoms with Crippen molar-refractivity contribution in [3.8, 4) is 5.75 Å². The highest BCUT2D eigenvalue weighted by atomic mass is 35.5. The van der Waals surface area contributed by atoms with Crippen molar-refractivity contribution in [2.45, 2.75) is 25.3 Å². The van der Waals surface area contributed by atoms with Gasteiger partial charge < -0.3 is 10.1 Å². The fraction of sp³-hybridized carbons (Fsp3) is 0.545. The number of nitrogens with zero attached hydrogens (tertiary/aromatic N) is 1. The third kappa shape index (κ3) is 5.01. The number of pyridine rings is 1. The van der Waals surface area contributed by atoms with Crippen LogP contribution in [0.25, 0.3) is 0 Å². The lowest BCUT2D eigenvalue weighted by molar-refractivity contribution is 0.291. The molecule has 0 aromatic carbocycles. The van der Waals surface area contributed by atoms with Gasteiger partial charge in [0.25, 0.3) is 0 Å². The molecule has 1 aromatic rings. The summed E-state index contributed by atoms with van der Waals surface area (Å²) in [5.41, 5.74) is 0. The fourth-order valence-electron chi connectivity index (χ4n) is 1.75. The van der Waals surface area contributed by atoms with Gasteiger partial charge in [0, 0.05) is 12.2 Å². The lowest BCUT2D eigenvalue weighted by Crippen LogP contribution is -2.23. The molecule has 1 atom stereocenters. The predicted molar refractivity (Wildman–Crippen MR) is 69.9 cm³/mol. The molecule has 92 valence electrons. The summed E-state index contributed by atoms with van der Waals surface area (Å²) in [5.74, 6) is 0.866. The first-order valence-electron chi connectivity index (χ1n) is 5.21. The van der Waals surface area contributed by atoms with Gasteiger partial charge in [0.1, 0.15) is 5.75 Å². The van der Waals surface area contributed by atoms with Crippen LogP contribution in [0.15, 0.2) is 24.5 Å². The summed E-state index contributed by atoms with van der Waals surface area (Å²) in [7, 11) is 0. The fourth-order valence-corrected chi connectivity index (χ4v) is 1.75. The average Bonchev–Trinajstić information content (AvgIpc) is 2.72. The van der Waals surface area contributed by atoms with Gasteiger partial charge >= 0.3 is 0 Å². The topological polar surface area (TPSA) is 34.1 Å². The van der Waals surface area contributed by atoms with E-state index in [0.717, 1.165) is 25.3 Å². The first kappa shape index (κ1) is 15.5. The van der Waals surface area contributed by atoms with Gasteiger partial charge in [0.2, 0.25) is 0 Å². The van der Waals surface area contributed by atoms with Gasteiger partial charge in [-0.25, -0.2) is 0 Å². The van der Waals surface area contributed by atoms with Crippen LogP contribution >= 0.6 is 24.8 Å². The van der Waals surface area contributed by atoms with Crippen LogP contribution in [0, 0.1) is 0 Å². The molecule has 3 nitrogen and oxygen atoms in total. The number of hydrogen-bond donors (Lipinski definition) is 1. The highest BCUT2D eigenvalue weighted by Gasteiger charge is 2.13. The van der Waals surface area contributed by atoms with Crippen LogP contribution in [0.1, 0.15) is 19.3 Å². The molecular weight excluding hydrogens is 247 g/mol. The summed E-state index contributed by atoms with van der Waals surface area (Å²) in [6, 6.07) is 4.49. The van der Waals surface area contributed by atoms with Crippen molar-refractivity contribution in [1.29, 1.82) is 0 Å². The molecule has 0 amide bonds. The van der Waals surface area contributed by atoms with E-state index in [1.165, 1.54) is 12.8 Å². The largest absolute Gasteiger partial charge is 0.492 e. The minimum atomic E-state index is 0. The van der Waals surface area contributed by atoms with Crippen molar-refractivity contribution in [3.63, 3.8) is 0 Å². The van der Waals surface area contributed by atoms with E-state index in [-0.39, 0.29) is 24.8 Å². The summed E-state index contributed by atoms with van der Waals surface area (Å²) >= 11 is 0. The molecule has 2 rings (SSSR count). The Kier molecular flexibility index (Phi) is 8.35. The normalized spacial score (nSPS) is 18.4. The lowest BCUT2D eigenvalue weighted by atomic mass is 10.2. The van der Waals surface area contributed by atoms with Crippen LogP contribution in [-0.2, 0) is 0 Å². The van der Waals surface area contributed by atoms with Crippen LogP contribution in [0.4, 0.5) is 0 Å². The molecule has 1 aliphatic rings. The molecule has 0 radical (unpaired) electrons. The Labute approximate surface area is 109 Å². The van der Waals surface area contributed by atoms with E-state index in [0.29, 0.717) is 6.04 Å². The molecule has 0 aliphatic carbocycles. The predicted octanol–water partition coefficient (Wildman–Crippen LogP) is 2.45. The number of rotatable bonds is 4. The van der Waals surface area contributed by atoms with Crippen molar-refractivity contribution >= 4 is 24.8 Å². The maximum absolute atomic E-state index is 5.57. The van der Waals surface area contributed by atoms with E-state index >= 15 is 0 Å². The van der Waals surface area contributed by atoms with E-state index in [4.69, 9.17) is 4.74 Å². The Morgan fingerprint density at radius 3 is 2.94 bits per heavy atom. The van der Waals surface area contributed by atoms with Crippen molar-refractivity contribution in [2.75, 3.05) is 13.2 Å². The molecule has 0 bridgehead atoms. The van der Waals surface area contributed by atoms with Crippen LogP contribution in [-0.4, -0.2) is 24.2 Å². The molecule has 0 unspecified atom stereocenters. The second-order valence-electron chi connectivity index (χ2n) is 3.62. The van der Waals surface area contributed by atoms with Crippen LogP contribution < -0.4 is 10.1 Å². The molecule has 1 saturated heterocycles. The highest BCUT2D eigenvalue weighted by Crippen LogP contribution is 2.11. The molecule has 5 heteroatoms. The summed E-state index contributed by atoms with van der Waals surface area (Å²) in [5, 5.41) is 3.45. The Balaban J connectivity index is 0.00000112. The summed E-state index contributed by atoms with van der Waals surface area (Å²) in [6.07, 6.45) is 7.19. The molecule has 1 fully saturated rings. The molecular formula is C11H18Cl2N2O. The van der Waals surface area contributed by atoms with Crippen molar-refractivity contribution in [1.82, 2.24) is 10.3 Å². The molecule has 1 aromatic heterocycles. The van der Waals surface area contributed by atoms with Gasteiger partial charge in [0.05, 0.1) is 12.8 Å². The smallest absolute Gasteiger partial charge is 0.137 e. The zero-order chi connectivity index (χ0) is 9.64. The van der Waals surface area contributed by atoms with E-state index in [1.54, 1.807) is 12.4 Å². The maximum atomic E-state index is 5.57. The Bertz CT molecular complexity index is 266. The third-order valence-electron chi connectivity index (χ3n) is 2.53. The molecule has 1 N–H and O–H groups in total. The minimum absolute atomic E-state index is 0. The summed E-state index contributed by atoms with van der Waals surface area (Å²) in [6.45, 7) is 1.95. The number of halogens is 2.